The first-order valence-electron chi connectivity index (χ1n) is 11.2. The summed E-state index contributed by atoms with van der Waals surface area (Å²) in [6.45, 7) is 8.20. The highest BCUT2D eigenvalue weighted by Crippen LogP contribution is 2.14. The van der Waals surface area contributed by atoms with Crippen molar-refractivity contribution < 1.29 is 14.6 Å². The molecule has 0 saturated heterocycles. The molecule has 0 aliphatic carbocycles. The Hall–Kier alpha value is -0.120. The normalized spacial score (nSPS) is 12.8. The molecule has 0 bridgehead atoms. The van der Waals surface area contributed by atoms with Crippen molar-refractivity contribution in [1.29, 1.82) is 0 Å². The van der Waals surface area contributed by atoms with Gasteiger partial charge in [-0.25, -0.2) is 0 Å². The van der Waals surface area contributed by atoms with E-state index in [4.69, 9.17) is 9.47 Å². The second-order valence-electron chi connectivity index (χ2n) is 7.35. The zero-order chi connectivity index (χ0) is 18.6. The molecule has 0 spiro atoms. The predicted octanol–water partition coefficient (Wildman–Crippen LogP) is 6.62. The van der Waals surface area contributed by atoms with E-state index >= 15 is 0 Å². The molecule has 0 aliphatic rings. The average Bonchev–Trinajstić information content (AvgIpc) is 2.63. The summed E-state index contributed by atoms with van der Waals surface area (Å²) in [4.78, 5) is 0. The van der Waals surface area contributed by atoms with Crippen molar-refractivity contribution in [3.63, 3.8) is 0 Å². The Balaban J connectivity index is 3.78. The van der Waals surface area contributed by atoms with Crippen LogP contribution in [0.4, 0.5) is 0 Å². The Labute approximate surface area is 157 Å². The molecule has 1 atom stereocenters. The lowest BCUT2D eigenvalue weighted by Gasteiger charge is -2.19. The largest absolute Gasteiger partial charge is 0.393 e. The maximum atomic E-state index is 9.58. The van der Waals surface area contributed by atoms with Crippen LogP contribution < -0.4 is 0 Å². The van der Waals surface area contributed by atoms with Gasteiger partial charge in [0.1, 0.15) is 0 Å². The summed E-state index contributed by atoms with van der Waals surface area (Å²) in [5.41, 5.74) is 0. The molecule has 152 valence electrons. The topological polar surface area (TPSA) is 38.7 Å². The standard InChI is InChI=1S/C22H46O3/c1-4-7-9-15-19-24-22(25-20-16-10-8-5-2)18-14-12-11-13-17-21(23)6-3/h21-23H,4-20H2,1-3H3. The molecule has 0 saturated carbocycles. The second kappa shape index (κ2) is 20.2. The van der Waals surface area contributed by atoms with Crippen LogP contribution in [0.2, 0.25) is 0 Å². The van der Waals surface area contributed by atoms with Crippen LogP contribution in [0, 0.1) is 0 Å². The number of aliphatic hydroxyl groups is 1. The van der Waals surface area contributed by atoms with E-state index in [9.17, 15) is 5.11 Å². The van der Waals surface area contributed by atoms with E-state index in [0.717, 1.165) is 58.2 Å². The van der Waals surface area contributed by atoms with E-state index in [1.54, 1.807) is 0 Å². The third-order valence-corrected chi connectivity index (χ3v) is 4.80. The molecule has 0 heterocycles. The lowest BCUT2D eigenvalue weighted by Crippen LogP contribution is -2.19. The SMILES string of the molecule is CCCCCCOC(CCCCCCC(O)CC)OCCCCCC. The maximum Gasteiger partial charge on any atom is 0.157 e. The third-order valence-electron chi connectivity index (χ3n) is 4.80. The summed E-state index contributed by atoms with van der Waals surface area (Å²) in [5, 5.41) is 9.58. The summed E-state index contributed by atoms with van der Waals surface area (Å²) in [5.74, 6) is 0. The van der Waals surface area contributed by atoms with E-state index in [1.165, 1.54) is 51.4 Å². The van der Waals surface area contributed by atoms with Gasteiger partial charge in [0.05, 0.1) is 6.10 Å². The molecule has 1 N–H and O–H groups in total. The molecule has 3 nitrogen and oxygen atoms in total. The van der Waals surface area contributed by atoms with Gasteiger partial charge >= 0.3 is 0 Å². The van der Waals surface area contributed by atoms with Gasteiger partial charge in [-0.15, -0.1) is 0 Å². The van der Waals surface area contributed by atoms with Gasteiger partial charge in [-0.05, 0) is 38.5 Å². The van der Waals surface area contributed by atoms with Crippen LogP contribution in [0.3, 0.4) is 0 Å². The van der Waals surface area contributed by atoms with Gasteiger partial charge in [0.2, 0.25) is 0 Å². The van der Waals surface area contributed by atoms with Gasteiger partial charge in [0.25, 0.3) is 0 Å². The van der Waals surface area contributed by atoms with Crippen LogP contribution in [-0.4, -0.2) is 30.7 Å². The maximum absolute atomic E-state index is 9.58. The first kappa shape index (κ1) is 24.9. The van der Waals surface area contributed by atoms with Gasteiger partial charge in [0.15, 0.2) is 6.29 Å². The molecule has 25 heavy (non-hydrogen) atoms. The van der Waals surface area contributed by atoms with Crippen molar-refractivity contribution >= 4 is 0 Å². The molecule has 0 aromatic carbocycles. The Morgan fingerprint density at radius 1 is 0.600 bits per heavy atom. The smallest absolute Gasteiger partial charge is 0.157 e. The molecule has 0 aromatic rings. The van der Waals surface area contributed by atoms with Crippen molar-refractivity contribution in [3.05, 3.63) is 0 Å². The van der Waals surface area contributed by atoms with E-state index < -0.39 is 0 Å². The van der Waals surface area contributed by atoms with Gasteiger partial charge in [0, 0.05) is 13.2 Å². The van der Waals surface area contributed by atoms with Crippen molar-refractivity contribution in [1.82, 2.24) is 0 Å². The van der Waals surface area contributed by atoms with E-state index in [-0.39, 0.29) is 12.4 Å². The summed E-state index contributed by atoms with van der Waals surface area (Å²) >= 11 is 0. The van der Waals surface area contributed by atoms with Crippen LogP contribution >= 0.6 is 0 Å². The fourth-order valence-corrected chi connectivity index (χ4v) is 2.95. The van der Waals surface area contributed by atoms with Gasteiger partial charge in [-0.2, -0.15) is 0 Å². The van der Waals surface area contributed by atoms with E-state index in [0.29, 0.717) is 0 Å². The number of hydrogen-bond acceptors (Lipinski definition) is 3. The minimum Gasteiger partial charge on any atom is -0.393 e. The zero-order valence-corrected chi connectivity index (χ0v) is 17.4. The summed E-state index contributed by atoms with van der Waals surface area (Å²) in [6, 6.07) is 0. The Morgan fingerprint density at radius 2 is 1.08 bits per heavy atom. The van der Waals surface area contributed by atoms with E-state index in [2.05, 4.69) is 13.8 Å². The van der Waals surface area contributed by atoms with Crippen LogP contribution in [0.1, 0.15) is 117 Å². The summed E-state index contributed by atoms with van der Waals surface area (Å²) < 4.78 is 12.0. The van der Waals surface area contributed by atoms with Crippen molar-refractivity contribution in [2.75, 3.05) is 13.2 Å². The molecule has 0 rings (SSSR count). The molecule has 0 aromatic heterocycles. The highest BCUT2D eigenvalue weighted by atomic mass is 16.7. The zero-order valence-electron chi connectivity index (χ0n) is 17.4. The molecule has 0 aliphatic heterocycles. The lowest BCUT2D eigenvalue weighted by atomic mass is 10.1. The van der Waals surface area contributed by atoms with Gasteiger partial charge in [-0.3, -0.25) is 0 Å². The van der Waals surface area contributed by atoms with Gasteiger partial charge < -0.3 is 14.6 Å². The highest BCUT2D eigenvalue weighted by molar-refractivity contribution is 4.55. The van der Waals surface area contributed by atoms with Crippen LogP contribution in [0.5, 0.6) is 0 Å². The molecule has 3 heteroatoms. The first-order chi connectivity index (χ1) is 12.2. The summed E-state index contributed by atoms with van der Waals surface area (Å²) in [7, 11) is 0. The molecule has 0 fully saturated rings. The Morgan fingerprint density at radius 3 is 1.56 bits per heavy atom. The van der Waals surface area contributed by atoms with Gasteiger partial charge in [-0.1, -0.05) is 78.6 Å². The number of aliphatic hydroxyl groups excluding tert-OH is 1. The van der Waals surface area contributed by atoms with Crippen LogP contribution in [-0.2, 0) is 9.47 Å². The summed E-state index contributed by atoms with van der Waals surface area (Å²) in [6.07, 6.45) is 17.4. The quantitative estimate of drug-likeness (QED) is 0.196. The number of ether oxygens (including phenoxy) is 2. The number of rotatable bonds is 20. The van der Waals surface area contributed by atoms with Crippen molar-refractivity contribution in [3.8, 4) is 0 Å². The molecule has 0 amide bonds. The predicted molar refractivity (Wildman–Crippen MR) is 108 cm³/mol. The van der Waals surface area contributed by atoms with Crippen LogP contribution in [0.15, 0.2) is 0 Å². The number of unbranched alkanes of at least 4 members (excludes halogenated alkanes) is 9. The Bertz CT molecular complexity index is 231. The fourth-order valence-electron chi connectivity index (χ4n) is 2.95. The van der Waals surface area contributed by atoms with E-state index in [1.807, 2.05) is 6.92 Å². The second-order valence-corrected chi connectivity index (χ2v) is 7.35. The third kappa shape index (κ3) is 18.5. The average molecular weight is 359 g/mol. The molecular weight excluding hydrogens is 312 g/mol. The lowest BCUT2D eigenvalue weighted by molar-refractivity contribution is -0.148. The minimum atomic E-state index is -0.106. The highest BCUT2D eigenvalue weighted by Gasteiger charge is 2.09. The van der Waals surface area contributed by atoms with Crippen molar-refractivity contribution in [2.45, 2.75) is 129 Å². The fraction of sp³-hybridized carbons (Fsp3) is 1.00. The minimum absolute atomic E-state index is 0.00974. The Kier molecular flexibility index (Phi) is 20.1. The number of hydrogen-bond donors (Lipinski definition) is 1. The molecule has 1 unspecified atom stereocenters. The molecule has 0 radical (unpaired) electrons. The van der Waals surface area contributed by atoms with Crippen LogP contribution in [0.25, 0.3) is 0 Å². The molecular formula is C22H46O3. The van der Waals surface area contributed by atoms with Crippen molar-refractivity contribution in [2.24, 2.45) is 0 Å². The first-order valence-corrected chi connectivity index (χ1v) is 11.2. The monoisotopic (exact) mass is 358 g/mol.